The standard InChI is InChI=1S/C44H86O4/c1-4-7-10-12-14-16-18-20-22-24-26-28-30-35-40-44(39-34-9-6-3,48-43(47)38-33-32-37-42(45)46)41-36-31-29-27-25-23-21-19-17-15-13-11-8-5-2/h4-41H2,1-3H3,(H,45,46). The fraction of sp³-hybridized carbons (Fsp3) is 0.955. The summed E-state index contributed by atoms with van der Waals surface area (Å²) in [5.74, 6) is -0.888. The van der Waals surface area contributed by atoms with Gasteiger partial charge in [0.25, 0.3) is 0 Å². The molecule has 0 atom stereocenters. The van der Waals surface area contributed by atoms with Crippen molar-refractivity contribution in [1.82, 2.24) is 0 Å². The summed E-state index contributed by atoms with van der Waals surface area (Å²) < 4.78 is 6.43. The van der Waals surface area contributed by atoms with Gasteiger partial charge in [-0.05, 0) is 51.4 Å². The second-order valence-corrected chi connectivity index (χ2v) is 15.4. The van der Waals surface area contributed by atoms with Gasteiger partial charge in [-0.2, -0.15) is 0 Å². The molecule has 0 fully saturated rings. The number of esters is 1. The highest BCUT2D eigenvalue weighted by Gasteiger charge is 2.32. The van der Waals surface area contributed by atoms with E-state index in [1.807, 2.05) is 0 Å². The maximum atomic E-state index is 13.1. The van der Waals surface area contributed by atoms with Crippen LogP contribution in [-0.4, -0.2) is 22.6 Å². The van der Waals surface area contributed by atoms with Crippen molar-refractivity contribution in [2.75, 3.05) is 0 Å². The molecule has 4 heteroatoms. The summed E-state index contributed by atoms with van der Waals surface area (Å²) >= 11 is 0. The normalized spacial score (nSPS) is 11.7. The Balaban J connectivity index is 4.58. The predicted molar refractivity (Wildman–Crippen MR) is 209 cm³/mol. The second kappa shape index (κ2) is 37.2. The molecule has 0 saturated heterocycles. The molecule has 0 saturated carbocycles. The molecule has 0 rings (SSSR count). The summed E-state index contributed by atoms with van der Waals surface area (Å²) in [4.78, 5) is 24.0. The maximum Gasteiger partial charge on any atom is 0.306 e. The summed E-state index contributed by atoms with van der Waals surface area (Å²) in [6.45, 7) is 6.82. The zero-order valence-corrected chi connectivity index (χ0v) is 33.0. The molecule has 0 aliphatic carbocycles. The van der Waals surface area contributed by atoms with Crippen LogP contribution in [0.2, 0.25) is 0 Å². The van der Waals surface area contributed by atoms with Gasteiger partial charge in [0.1, 0.15) is 5.60 Å². The largest absolute Gasteiger partial charge is 0.481 e. The van der Waals surface area contributed by atoms with Crippen molar-refractivity contribution in [3.8, 4) is 0 Å². The van der Waals surface area contributed by atoms with Crippen molar-refractivity contribution in [2.24, 2.45) is 0 Å². The smallest absolute Gasteiger partial charge is 0.306 e. The first-order valence-corrected chi connectivity index (χ1v) is 21.9. The number of carbonyl (C=O) groups is 2. The molecule has 0 spiro atoms. The Labute approximate surface area is 301 Å². The highest BCUT2D eigenvalue weighted by Crippen LogP contribution is 2.34. The lowest BCUT2D eigenvalue weighted by atomic mass is 9.84. The highest BCUT2D eigenvalue weighted by atomic mass is 16.6. The van der Waals surface area contributed by atoms with Gasteiger partial charge in [0.15, 0.2) is 0 Å². The summed E-state index contributed by atoms with van der Waals surface area (Å²) in [7, 11) is 0. The first-order valence-electron chi connectivity index (χ1n) is 21.9. The van der Waals surface area contributed by atoms with Gasteiger partial charge in [0.05, 0.1) is 0 Å². The Hall–Kier alpha value is -1.06. The van der Waals surface area contributed by atoms with Gasteiger partial charge in [0, 0.05) is 12.8 Å². The van der Waals surface area contributed by atoms with Crippen LogP contribution in [0.1, 0.15) is 265 Å². The van der Waals surface area contributed by atoms with Gasteiger partial charge < -0.3 is 9.84 Å². The number of aliphatic carboxylic acids is 1. The van der Waals surface area contributed by atoms with E-state index in [9.17, 15) is 9.59 Å². The Morgan fingerprint density at radius 2 is 0.625 bits per heavy atom. The van der Waals surface area contributed by atoms with Crippen LogP contribution in [0, 0.1) is 0 Å². The van der Waals surface area contributed by atoms with E-state index in [2.05, 4.69) is 20.8 Å². The number of ether oxygens (including phenoxy) is 1. The van der Waals surface area contributed by atoms with Gasteiger partial charge in [0.2, 0.25) is 0 Å². The minimum atomic E-state index is -0.784. The third-order valence-corrected chi connectivity index (χ3v) is 10.6. The van der Waals surface area contributed by atoms with Crippen LogP contribution in [0.15, 0.2) is 0 Å². The molecule has 0 radical (unpaired) electrons. The maximum absolute atomic E-state index is 13.1. The van der Waals surface area contributed by atoms with E-state index in [4.69, 9.17) is 9.84 Å². The van der Waals surface area contributed by atoms with Gasteiger partial charge in [-0.3, -0.25) is 9.59 Å². The van der Waals surface area contributed by atoms with E-state index >= 15 is 0 Å². The molecule has 48 heavy (non-hydrogen) atoms. The van der Waals surface area contributed by atoms with E-state index in [1.54, 1.807) is 0 Å². The van der Waals surface area contributed by atoms with Crippen LogP contribution >= 0.6 is 0 Å². The number of rotatable bonds is 40. The van der Waals surface area contributed by atoms with Gasteiger partial charge in [-0.1, -0.05) is 201 Å². The first kappa shape index (κ1) is 46.9. The number of unbranched alkanes of at least 4 members (excludes halogenated alkanes) is 29. The van der Waals surface area contributed by atoms with E-state index in [0.717, 1.165) is 38.5 Å². The lowest BCUT2D eigenvalue weighted by Crippen LogP contribution is -2.35. The number of carboxylic acids is 1. The molecule has 0 heterocycles. The van der Waals surface area contributed by atoms with Crippen LogP contribution in [0.3, 0.4) is 0 Å². The van der Waals surface area contributed by atoms with Crippen LogP contribution in [0.5, 0.6) is 0 Å². The molecule has 0 aromatic rings. The zero-order valence-electron chi connectivity index (χ0n) is 33.0. The summed E-state index contributed by atoms with van der Waals surface area (Å²) in [5, 5.41) is 8.98. The van der Waals surface area contributed by atoms with Crippen molar-refractivity contribution >= 4 is 11.9 Å². The third kappa shape index (κ3) is 33.4. The number of carboxylic acid groups (broad SMARTS) is 1. The van der Waals surface area contributed by atoms with E-state index in [1.165, 1.54) is 180 Å². The summed E-state index contributed by atoms with van der Waals surface area (Å²) in [5.41, 5.74) is -0.326. The van der Waals surface area contributed by atoms with Crippen molar-refractivity contribution in [1.29, 1.82) is 0 Å². The summed E-state index contributed by atoms with van der Waals surface area (Å²) in [6, 6.07) is 0. The van der Waals surface area contributed by atoms with Crippen LogP contribution in [0.4, 0.5) is 0 Å². The molecule has 0 bridgehead atoms. The lowest BCUT2D eigenvalue weighted by molar-refractivity contribution is -0.163. The molecule has 0 aliphatic heterocycles. The number of hydrogen-bond donors (Lipinski definition) is 1. The Bertz CT molecular complexity index is 643. The Morgan fingerprint density at radius 3 is 0.938 bits per heavy atom. The molecule has 0 unspecified atom stereocenters. The summed E-state index contributed by atoms with van der Waals surface area (Å²) in [6.07, 6.45) is 46.1. The van der Waals surface area contributed by atoms with Crippen LogP contribution < -0.4 is 0 Å². The fourth-order valence-electron chi connectivity index (χ4n) is 7.35. The van der Waals surface area contributed by atoms with Crippen LogP contribution in [0.25, 0.3) is 0 Å². The topological polar surface area (TPSA) is 63.6 Å². The first-order chi connectivity index (χ1) is 23.5. The van der Waals surface area contributed by atoms with Gasteiger partial charge in [-0.25, -0.2) is 0 Å². The quantitative estimate of drug-likeness (QED) is 0.0517. The molecule has 0 aliphatic rings. The van der Waals surface area contributed by atoms with Gasteiger partial charge in [-0.15, -0.1) is 0 Å². The fourth-order valence-corrected chi connectivity index (χ4v) is 7.35. The molecule has 0 aromatic heterocycles. The lowest BCUT2D eigenvalue weighted by Gasteiger charge is -2.34. The van der Waals surface area contributed by atoms with E-state index < -0.39 is 5.97 Å². The monoisotopic (exact) mass is 679 g/mol. The Morgan fingerprint density at radius 1 is 0.375 bits per heavy atom. The zero-order chi connectivity index (χ0) is 35.2. The van der Waals surface area contributed by atoms with E-state index in [0.29, 0.717) is 19.3 Å². The molecular weight excluding hydrogens is 592 g/mol. The average molecular weight is 679 g/mol. The molecule has 286 valence electrons. The van der Waals surface area contributed by atoms with Crippen molar-refractivity contribution in [3.63, 3.8) is 0 Å². The molecule has 0 aromatic carbocycles. The van der Waals surface area contributed by atoms with E-state index in [-0.39, 0.29) is 18.0 Å². The second-order valence-electron chi connectivity index (χ2n) is 15.4. The third-order valence-electron chi connectivity index (χ3n) is 10.6. The highest BCUT2D eigenvalue weighted by molar-refractivity contribution is 5.70. The van der Waals surface area contributed by atoms with Gasteiger partial charge >= 0.3 is 11.9 Å². The number of carbonyl (C=O) groups excluding carboxylic acids is 1. The molecule has 1 N–H and O–H groups in total. The average Bonchev–Trinajstić information content (AvgIpc) is 3.07. The molecule has 0 amide bonds. The predicted octanol–water partition coefficient (Wildman–Crippen LogP) is 15.2. The Kier molecular flexibility index (Phi) is 36.4. The number of hydrogen-bond acceptors (Lipinski definition) is 3. The van der Waals surface area contributed by atoms with Crippen molar-refractivity contribution < 1.29 is 19.4 Å². The molecule has 4 nitrogen and oxygen atoms in total. The van der Waals surface area contributed by atoms with Crippen molar-refractivity contribution in [3.05, 3.63) is 0 Å². The molecular formula is C44H86O4. The minimum absolute atomic E-state index is 0.104. The SMILES string of the molecule is CCCCCCCCCCCCCCCCC(CCCCC)(CCCCCCCCCCCCCCCC)OC(=O)CCCCC(=O)O. The van der Waals surface area contributed by atoms with Crippen molar-refractivity contribution in [2.45, 2.75) is 270 Å². The minimum Gasteiger partial charge on any atom is -0.481 e. The van der Waals surface area contributed by atoms with Crippen LogP contribution in [-0.2, 0) is 14.3 Å².